The molecule has 0 saturated carbocycles. The van der Waals surface area contributed by atoms with Crippen molar-refractivity contribution >= 4 is 16.9 Å². The summed E-state index contributed by atoms with van der Waals surface area (Å²) >= 11 is 0. The van der Waals surface area contributed by atoms with Gasteiger partial charge >= 0.3 is 0 Å². The van der Waals surface area contributed by atoms with Crippen LogP contribution in [-0.4, -0.2) is 46.5 Å². The number of nitrogens with zero attached hydrogens (tertiary/aromatic N) is 2. The highest BCUT2D eigenvalue weighted by molar-refractivity contribution is 5.95. The van der Waals surface area contributed by atoms with Gasteiger partial charge in [-0.3, -0.25) is 4.79 Å². The summed E-state index contributed by atoms with van der Waals surface area (Å²) in [5, 5.41) is 4.49. The van der Waals surface area contributed by atoms with E-state index >= 15 is 0 Å². The number of aromatic nitrogens is 2. The second-order valence-corrected chi connectivity index (χ2v) is 6.99. The SMILES string of the molecule is O=C(c1ccc(-c2cnc3[nH]ccc3c2)cc1)N1CCC2CNCC21. The number of amides is 1. The van der Waals surface area contributed by atoms with Gasteiger partial charge < -0.3 is 15.2 Å². The Morgan fingerprint density at radius 2 is 2.00 bits per heavy atom. The summed E-state index contributed by atoms with van der Waals surface area (Å²) in [5.41, 5.74) is 3.80. The van der Waals surface area contributed by atoms with Crippen LogP contribution in [-0.2, 0) is 0 Å². The first-order valence-corrected chi connectivity index (χ1v) is 8.85. The molecule has 0 spiro atoms. The lowest BCUT2D eigenvalue weighted by molar-refractivity contribution is 0.0737. The summed E-state index contributed by atoms with van der Waals surface area (Å²) in [5.74, 6) is 0.782. The Hall–Kier alpha value is -2.66. The molecule has 5 rings (SSSR count). The summed E-state index contributed by atoms with van der Waals surface area (Å²) in [6.07, 6.45) is 4.87. The van der Waals surface area contributed by atoms with Crippen LogP contribution in [0.15, 0.2) is 48.8 Å². The van der Waals surface area contributed by atoms with Gasteiger partial charge in [-0.15, -0.1) is 0 Å². The van der Waals surface area contributed by atoms with E-state index in [4.69, 9.17) is 0 Å². The monoisotopic (exact) mass is 332 g/mol. The van der Waals surface area contributed by atoms with Crippen LogP contribution in [0, 0.1) is 5.92 Å². The predicted octanol–water partition coefficient (Wildman–Crippen LogP) is 2.66. The number of rotatable bonds is 2. The van der Waals surface area contributed by atoms with E-state index in [9.17, 15) is 4.79 Å². The van der Waals surface area contributed by atoms with Gasteiger partial charge in [-0.05, 0) is 42.2 Å². The lowest BCUT2D eigenvalue weighted by Gasteiger charge is -2.23. The number of carbonyl (C=O) groups is 1. The normalized spacial score (nSPS) is 22.5. The fourth-order valence-electron chi connectivity index (χ4n) is 4.17. The Bertz CT molecular complexity index is 930. The first-order valence-electron chi connectivity index (χ1n) is 8.85. The van der Waals surface area contributed by atoms with Gasteiger partial charge in [-0.2, -0.15) is 0 Å². The zero-order valence-electron chi connectivity index (χ0n) is 13.9. The van der Waals surface area contributed by atoms with Gasteiger partial charge in [0.1, 0.15) is 5.65 Å². The van der Waals surface area contributed by atoms with Crippen LogP contribution in [0.4, 0.5) is 0 Å². The molecule has 2 aliphatic rings. The van der Waals surface area contributed by atoms with E-state index in [1.54, 1.807) is 0 Å². The first kappa shape index (κ1) is 14.7. The summed E-state index contributed by atoms with van der Waals surface area (Å²) in [6, 6.07) is 12.4. The molecule has 1 aromatic carbocycles. The fraction of sp³-hybridized carbons (Fsp3) is 0.300. The van der Waals surface area contributed by atoms with Crippen molar-refractivity contribution in [3.8, 4) is 11.1 Å². The van der Waals surface area contributed by atoms with E-state index in [2.05, 4.69) is 21.4 Å². The minimum atomic E-state index is 0.155. The van der Waals surface area contributed by atoms with Gasteiger partial charge in [0.15, 0.2) is 0 Å². The van der Waals surface area contributed by atoms with Crippen LogP contribution in [0.1, 0.15) is 16.8 Å². The molecule has 0 radical (unpaired) electrons. The minimum absolute atomic E-state index is 0.155. The maximum Gasteiger partial charge on any atom is 0.254 e. The van der Waals surface area contributed by atoms with Crippen molar-refractivity contribution in [1.82, 2.24) is 20.2 Å². The number of benzene rings is 1. The van der Waals surface area contributed by atoms with E-state index in [1.807, 2.05) is 47.6 Å². The van der Waals surface area contributed by atoms with Crippen molar-refractivity contribution in [3.05, 3.63) is 54.4 Å². The molecule has 2 N–H and O–H groups in total. The minimum Gasteiger partial charge on any atom is -0.346 e. The number of fused-ring (bicyclic) bond motifs is 2. The zero-order chi connectivity index (χ0) is 16.8. The molecule has 0 aliphatic carbocycles. The molecule has 25 heavy (non-hydrogen) atoms. The van der Waals surface area contributed by atoms with Crippen LogP contribution in [0.2, 0.25) is 0 Å². The number of pyridine rings is 1. The molecule has 5 heteroatoms. The Kier molecular flexibility index (Phi) is 3.35. The third-order valence-electron chi connectivity index (χ3n) is 5.57. The molecule has 2 aromatic heterocycles. The molecule has 0 bridgehead atoms. The Morgan fingerprint density at radius 3 is 2.88 bits per heavy atom. The number of nitrogens with one attached hydrogen (secondary N) is 2. The van der Waals surface area contributed by atoms with E-state index in [0.29, 0.717) is 12.0 Å². The molecule has 2 aliphatic heterocycles. The Labute approximate surface area is 146 Å². The number of H-pyrrole nitrogens is 1. The quantitative estimate of drug-likeness (QED) is 0.758. The van der Waals surface area contributed by atoms with Crippen molar-refractivity contribution in [3.63, 3.8) is 0 Å². The van der Waals surface area contributed by atoms with E-state index in [1.165, 1.54) is 0 Å². The largest absolute Gasteiger partial charge is 0.346 e. The zero-order valence-corrected chi connectivity index (χ0v) is 13.9. The van der Waals surface area contributed by atoms with Gasteiger partial charge in [-0.1, -0.05) is 12.1 Å². The van der Waals surface area contributed by atoms with E-state index in [-0.39, 0.29) is 5.91 Å². The number of likely N-dealkylation sites (tertiary alicyclic amines) is 1. The molecule has 3 aromatic rings. The van der Waals surface area contributed by atoms with Crippen molar-refractivity contribution in [2.45, 2.75) is 12.5 Å². The molecule has 4 heterocycles. The predicted molar refractivity (Wildman–Crippen MR) is 97.3 cm³/mol. The van der Waals surface area contributed by atoms with E-state index < -0.39 is 0 Å². The Balaban J connectivity index is 1.40. The molecular weight excluding hydrogens is 312 g/mol. The third-order valence-corrected chi connectivity index (χ3v) is 5.57. The lowest BCUT2D eigenvalue weighted by atomic mass is 10.0. The Morgan fingerprint density at radius 1 is 1.12 bits per heavy atom. The van der Waals surface area contributed by atoms with Crippen molar-refractivity contribution < 1.29 is 4.79 Å². The number of aromatic amines is 1. The van der Waals surface area contributed by atoms with Crippen LogP contribution in [0.3, 0.4) is 0 Å². The van der Waals surface area contributed by atoms with Crippen LogP contribution >= 0.6 is 0 Å². The summed E-state index contributed by atoms with van der Waals surface area (Å²) in [7, 11) is 0. The van der Waals surface area contributed by atoms with Gasteiger partial charge in [0, 0.05) is 54.6 Å². The van der Waals surface area contributed by atoms with E-state index in [0.717, 1.165) is 53.8 Å². The van der Waals surface area contributed by atoms with Gasteiger partial charge in [0.05, 0.1) is 0 Å². The summed E-state index contributed by atoms with van der Waals surface area (Å²) < 4.78 is 0. The topological polar surface area (TPSA) is 61.0 Å². The molecule has 2 atom stereocenters. The third kappa shape index (κ3) is 2.43. The van der Waals surface area contributed by atoms with Gasteiger partial charge in [0.25, 0.3) is 5.91 Å². The second-order valence-electron chi connectivity index (χ2n) is 6.99. The van der Waals surface area contributed by atoms with Crippen molar-refractivity contribution in [2.24, 2.45) is 5.92 Å². The number of hydrogen-bond acceptors (Lipinski definition) is 3. The van der Waals surface area contributed by atoms with Crippen molar-refractivity contribution in [2.75, 3.05) is 19.6 Å². The lowest BCUT2D eigenvalue weighted by Crippen LogP contribution is -2.39. The highest BCUT2D eigenvalue weighted by atomic mass is 16.2. The molecular formula is C20H20N4O. The second kappa shape index (κ2) is 5.70. The van der Waals surface area contributed by atoms with Crippen LogP contribution in [0.25, 0.3) is 22.2 Å². The summed E-state index contributed by atoms with van der Waals surface area (Å²) in [4.78, 5) is 22.4. The van der Waals surface area contributed by atoms with Crippen molar-refractivity contribution in [1.29, 1.82) is 0 Å². The molecule has 2 fully saturated rings. The molecule has 2 saturated heterocycles. The standard InChI is InChI=1S/C20H20N4O/c25-20(24-8-6-16-10-21-12-18(16)24)14-3-1-13(2-4-14)17-9-15-5-7-22-19(15)23-11-17/h1-5,7,9,11,16,18,21H,6,8,10,12H2,(H,22,23). The average molecular weight is 332 g/mol. The highest BCUT2D eigenvalue weighted by Gasteiger charge is 2.39. The molecule has 1 amide bonds. The average Bonchev–Trinajstić information content (AvgIpc) is 3.37. The fourth-order valence-corrected chi connectivity index (χ4v) is 4.17. The maximum absolute atomic E-state index is 12.9. The number of carbonyl (C=O) groups excluding carboxylic acids is 1. The molecule has 2 unspecified atom stereocenters. The molecule has 5 nitrogen and oxygen atoms in total. The number of hydrogen-bond donors (Lipinski definition) is 2. The van der Waals surface area contributed by atoms with Gasteiger partial charge in [-0.25, -0.2) is 4.98 Å². The first-order chi connectivity index (χ1) is 12.3. The highest BCUT2D eigenvalue weighted by Crippen LogP contribution is 2.29. The van der Waals surface area contributed by atoms with Crippen LogP contribution < -0.4 is 5.32 Å². The van der Waals surface area contributed by atoms with Gasteiger partial charge in [0.2, 0.25) is 0 Å². The maximum atomic E-state index is 12.9. The smallest absolute Gasteiger partial charge is 0.254 e. The molecule has 126 valence electrons. The summed E-state index contributed by atoms with van der Waals surface area (Å²) in [6.45, 7) is 2.85. The van der Waals surface area contributed by atoms with Crippen LogP contribution in [0.5, 0.6) is 0 Å².